The molecule has 6 N–H and O–H groups in total. The van der Waals surface area contributed by atoms with Gasteiger partial charge in [0.1, 0.15) is 17.3 Å². The van der Waals surface area contributed by atoms with Crippen LogP contribution in [0.25, 0.3) is 16.8 Å². The number of halogens is 2. The summed E-state index contributed by atoms with van der Waals surface area (Å²) in [5, 5.41) is 9.00. The van der Waals surface area contributed by atoms with Crippen molar-refractivity contribution in [3.05, 3.63) is 101 Å². The summed E-state index contributed by atoms with van der Waals surface area (Å²) in [6.45, 7) is 0.0647. The molecule has 0 bridgehead atoms. The summed E-state index contributed by atoms with van der Waals surface area (Å²) in [5.74, 6) is -1.73. The van der Waals surface area contributed by atoms with Gasteiger partial charge in [0.15, 0.2) is 6.29 Å². The van der Waals surface area contributed by atoms with Crippen LogP contribution in [-0.2, 0) is 6.54 Å². The summed E-state index contributed by atoms with van der Waals surface area (Å²) >= 11 is 0. The van der Waals surface area contributed by atoms with Crippen LogP contribution in [0.3, 0.4) is 0 Å². The Hall–Kier alpha value is -4.90. The molecule has 0 radical (unpaired) electrons. The summed E-state index contributed by atoms with van der Waals surface area (Å²) in [5.41, 5.74) is 12.0. The molecule has 4 aromatic rings. The van der Waals surface area contributed by atoms with E-state index in [1.165, 1.54) is 48.3 Å². The number of carbonyl (C=O) groups is 3. The fourth-order valence-corrected chi connectivity index (χ4v) is 3.45. The molecule has 9 nitrogen and oxygen atoms in total. The molecule has 0 fully saturated rings. The van der Waals surface area contributed by atoms with E-state index in [2.05, 4.69) is 21.5 Å². The minimum Gasteiger partial charge on any atom is -0.351 e. The SMILES string of the molecule is CN.NC(=O)Nc1cn(-c2ccc(-c3ccc(C(=O)NCc4cccc(F)c4)c(F)c3)cc2)nc1C=O. The molecule has 0 aliphatic carbocycles. The molecule has 1 heterocycles. The Morgan fingerprint density at radius 3 is 2.32 bits per heavy atom. The molecule has 0 unspecified atom stereocenters. The monoisotopic (exact) mass is 506 g/mol. The Bertz CT molecular complexity index is 1420. The topological polar surface area (TPSA) is 145 Å². The molecule has 11 heteroatoms. The molecule has 0 saturated carbocycles. The highest BCUT2D eigenvalue weighted by Gasteiger charge is 2.14. The average molecular weight is 507 g/mol. The Morgan fingerprint density at radius 1 is 1.00 bits per heavy atom. The molecule has 190 valence electrons. The van der Waals surface area contributed by atoms with E-state index in [4.69, 9.17) is 5.73 Å². The summed E-state index contributed by atoms with van der Waals surface area (Å²) in [7, 11) is 1.50. The van der Waals surface area contributed by atoms with E-state index in [9.17, 15) is 23.2 Å². The van der Waals surface area contributed by atoms with Crippen LogP contribution in [0.2, 0.25) is 0 Å². The highest BCUT2D eigenvalue weighted by molar-refractivity contribution is 5.95. The van der Waals surface area contributed by atoms with Crippen molar-refractivity contribution in [1.82, 2.24) is 15.1 Å². The molecule has 37 heavy (non-hydrogen) atoms. The zero-order valence-electron chi connectivity index (χ0n) is 19.7. The van der Waals surface area contributed by atoms with E-state index < -0.39 is 23.6 Å². The minimum absolute atomic E-state index is 0.0150. The lowest BCUT2D eigenvalue weighted by Gasteiger charge is -2.09. The normalized spacial score (nSPS) is 10.2. The number of hydrogen-bond donors (Lipinski definition) is 4. The summed E-state index contributed by atoms with van der Waals surface area (Å²) in [6, 6.07) is 16.0. The zero-order valence-corrected chi connectivity index (χ0v) is 19.7. The maximum Gasteiger partial charge on any atom is 0.316 e. The number of anilines is 1. The maximum atomic E-state index is 14.7. The van der Waals surface area contributed by atoms with Gasteiger partial charge in [-0.3, -0.25) is 9.59 Å². The lowest BCUT2D eigenvalue weighted by atomic mass is 10.0. The quantitative estimate of drug-likeness (QED) is 0.283. The van der Waals surface area contributed by atoms with Gasteiger partial charge in [0, 0.05) is 6.54 Å². The second kappa shape index (κ2) is 12.2. The van der Waals surface area contributed by atoms with Crippen LogP contribution in [0.5, 0.6) is 0 Å². The summed E-state index contributed by atoms with van der Waals surface area (Å²) in [4.78, 5) is 34.6. The van der Waals surface area contributed by atoms with Crippen molar-refractivity contribution < 1.29 is 23.2 Å². The van der Waals surface area contributed by atoms with Crippen molar-refractivity contribution in [3.63, 3.8) is 0 Å². The molecule has 0 spiro atoms. The first-order chi connectivity index (χ1) is 17.8. The Kier molecular flexibility index (Phi) is 8.79. The molecular weight excluding hydrogens is 482 g/mol. The minimum atomic E-state index is -0.823. The number of aldehydes is 1. The molecular formula is C26H24F2N6O3. The average Bonchev–Trinajstić information content (AvgIpc) is 3.30. The first-order valence-corrected chi connectivity index (χ1v) is 11.0. The maximum absolute atomic E-state index is 14.7. The third-order valence-corrected chi connectivity index (χ3v) is 5.13. The van der Waals surface area contributed by atoms with Crippen LogP contribution in [-0.4, -0.2) is 35.1 Å². The number of nitrogens with one attached hydrogen (secondary N) is 2. The van der Waals surface area contributed by atoms with Gasteiger partial charge in [-0.2, -0.15) is 5.10 Å². The molecule has 0 aliphatic heterocycles. The smallest absolute Gasteiger partial charge is 0.316 e. The van der Waals surface area contributed by atoms with E-state index in [0.29, 0.717) is 28.7 Å². The summed E-state index contributed by atoms with van der Waals surface area (Å²) < 4.78 is 29.4. The van der Waals surface area contributed by atoms with Crippen LogP contribution in [0.1, 0.15) is 26.4 Å². The Balaban J connectivity index is 0.00000186. The van der Waals surface area contributed by atoms with Gasteiger partial charge in [-0.05, 0) is 60.1 Å². The van der Waals surface area contributed by atoms with Gasteiger partial charge in [0.25, 0.3) is 5.91 Å². The second-order valence-corrected chi connectivity index (χ2v) is 7.53. The lowest BCUT2D eigenvalue weighted by molar-refractivity contribution is 0.0946. The van der Waals surface area contributed by atoms with Crippen molar-refractivity contribution in [2.24, 2.45) is 11.5 Å². The van der Waals surface area contributed by atoms with Crippen molar-refractivity contribution in [2.75, 3.05) is 12.4 Å². The van der Waals surface area contributed by atoms with Crippen molar-refractivity contribution in [3.8, 4) is 16.8 Å². The highest BCUT2D eigenvalue weighted by Crippen LogP contribution is 2.24. The third-order valence-electron chi connectivity index (χ3n) is 5.13. The fourth-order valence-electron chi connectivity index (χ4n) is 3.45. The van der Waals surface area contributed by atoms with Crippen molar-refractivity contribution in [2.45, 2.75) is 6.54 Å². The van der Waals surface area contributed by atoms with Crippen molar-refractivity contribution >= 4 is 23.9 Å². The first kappa shape index (κ1) is 26.7. The molecule has 1 aromatic heterocycles. The largest absolute Gasteiger partial charge is 0.351 e. The lowest BCUT2D eigenvalue weighted by Crippen LogP contribution is -2.23. The number of amides is 3. The predicted molar refractivity (Wildman–Crippen MR) is 135 cm³/mol. The Labute approximate surface area is 211 Å². The van der Waals surface area contributed by atoms with Crippen LogP contribution < -0.4 is 22.1 Å². The van der Waals surface area contributed by atoms with Crippen LogP contribution in [0, 0.1) is 11.6 Å². The zero-order chi connectivity index (χ0) is 26.9. The van der Waals surface area contributed by atoms with Crippen LogP contribution >= 0.6 is 0 Å². The second-order valence-electron chi connectivity index (χ2n) is 7.53. The van der Waals surface area contributed by atoms with Gasteiger partial charge < -0.3 is 22.1 Å². The van der Waals surface area contributed by atoms with E-state index in [0.717, 1.165) is 0 Å². The van der Waals surface area contributed by atoms with Gasteiger partial charge in [-0.1, -0.05) is 30.3 Å². The van der Waals surface area contributed by atoms with Crippen molar-refractivity contribution in [1.29, 1.82) is 0 Å². The van der Waals surface area contributed by atoms with Gasteiger partial charge in [-0.15, -0.1) is 0 Å². The number of nitrogens with two attached hydrogens (primary N) is 2. The number of aromatic nitrogens is 2. The molecule has 4 rings (SSSR count). The van der Waals surface area contributed by atoms with E-state index in [1.807, 2.05) is 0 Å². The number of urea groups is 1. The standard InChI is InChI=1S/C25H19F2N5O3.CH5N/c26-18-3-1-2-15(10-18)12-29-24(34)20-9-6-17(11-21(20)27)16-4-7-19(8-5-16)32-13-22(30-25(28)35)23(14-33)31-32;1-2/h1-11,13-14H,12H2,(H,29,34)(H3,28,30,35);2H2,1H3. The highest BCUT2D eigenvalue weighted by atomic mass is 19.1. The predicted octanol–water partition coefficient (Wildman–Crippen LogP) is 3.63. The van der Waals surface area contributed by atoms with E-state index in [-0.39, 0.29) is 23.5 Å². The van der Waals surface area contributed by atoms with E-state index in [1.54, 1.807) is 36.4 Å². The number of primary amides is 1. The van der Waals surface area contributed by atoms with Gasteiger partial charge in [-0.25, -0.2) is 18.3 Å². The van der Waals surface area contributed by atoms with Gasteiger partial charge in [0.05, 0.1) is 23.1 Å². The van der Waals surface area contributed by atoms with Crippen LogP contribution in [0.15, 0.2) is 72.9 Å². The molecule has 3 aromatic carbocycles. The first-order valence-electron chi connectivity index (χ1n) is 11.0. The molecule has 0 atom stereocenters. The number of benzene rings is 3. The third kappa shape index (κ3) is 6.61. The van der Waals surface area contributed by atoms with Gasteiger partial charge in [0.2, 0.25) is 0 Å². The molecule has 3 amide bonds. The van der Waals surface area contributed by atoms with Crippen LogP contribution in [0.4, 0.5) is 19.3 Å². The number of hydrogen-bond acceptors (Lipinski definition) is 5. The molecule has 0 saturated heterocycles. The number of rotatable bonds is 7. The van der Waals surface area contributed by atoms with Gasteiger partial charge >= 0.3 is 6.03 Å². The fraction of sp³-hybridized carbons (Fsp3) is 0.0769. The van der Waals surface area contributed by atoms with E-state index >= 15 is 0 Å². The molecule has 0 aliphatic rings. The number of nitrogens with zero attached hydrogens (tertiary/aromatic N) is 2. The Morgan fingerprint density at radius 2 is 1.70 bits per heavy atom. The number of carbonyl (C=O) groups excluding carboxylic acids is 3. The summed E-state index contributed by atoms with van der Waals surface area (Å²) in [6.07, 6.45) is 1.94.